The molecule has 0 atom stereocenters. The van der Waals surface area contributed by atoms with Crippen molar-refractivity contribution in [1.82, 2.24) is 0 Å². The van der Waals surface area contributed by atoms with Gasteiger partial charge in [0.2, 0.25) is 5.91 Å². The number of ether oxygens (including phenoxy) is 1. The first-order valence-electron chi connectivity index (χ1n) is 7.50. The van der Waals surface area contributed by atoms with Gasteiger partial charge < -0.3 is 9.64 Å². The zero-order valence-corrected chi connectivity index (χ0v) is 13.5. The van der Waals surface area contributed by atoms with Gasteiger partial charge in [0.1, 0.15) is 5.75 Å². The smallest absolute Gasteiger partial charge is 0.237 e. The molecule has 0 aromatic heterocycles. The van der Waals surface area contributed by atoms with Crippen molar-refractivity contribution in [3.05, 3.63) is 59.2 Å². The maximum atomic E-state index is 12.9. The van der Waals surface area contributed by atoms with E-state index >= 15 is 0 Å². The van der Waals surface area contributed by atoms with E-state index in [2.05, 4.69) is 6.07 Å². The SMILES string of the molecule is COc1cc2c(cc1C)C(C)(C)C(=O)N2Cc1ccccc1. The van der Waals surface area contributed by atoms with Gasteiger partial charge in [0.15, 0.2) is 0 Å². The van der Waals surface area contributed by atoms with Crippen LogP contribution in [-0.4, -0.2) is 13.0 Å². The lowest BCUT2D eigenvalue weighted by molar-refractivity contribution is -0.122. The van der Waals surface area contributed by atoms with Crippen LogP contribution in [0.1, 0.15) is 30.5 Å². The Morgan fingerprint density at radius 2 is 1.82 bits per heavy atom. The highest BCUT2D eigenvalue weighted by Gasteiger charge is 2.44. The fourth-order valence-electron chi connectivity index (χ4n) is 3.11. The van der Waals surface area contributed by atoms with Crippen LogP contribution in [0.5, 0.6) is 5.75 Å². The normalized spacial score (nSPS) is 15.8. The molecule has 3 rings (SSSR count). The van der Waals surface area contributed by atoms with Crippen LogP contribution in [0.2, 0.25) is 0 Å². The minimum atomic E-state index is -0.499. The molecule has 2 aromatic rings. The molecule has 0 bridgehead atoms. The lowest BCUT2D eigenvalue weighted by atomic mass is 9.85. The summed E-state index contributed by atoms with van der Waals surface area (Å²) in [5.41, 5.74) is 3.72. The average Bonchev–Trinajstić information content (AvgIpc) is 2.69. The van der Waals surface area contributed by atoms with Crippen molar-refractivity contribution in [2.24, 2.45) is 0 Å². The first kappa shape index (κ1) is 14.6. The molecule has 3 nitrogen and oxygen atoms in total. The number of benzene rings is 2. The lowest BCUT2D eigenvalue weighted by Crippen LogP contribution is -2.35. The molecule has 1 aliphatic heterocycles. The first-order valence-corrected chi connectivity index (χ1v) is 7.50. The van der Waals surface area contributed by atoms with Gasteiger partial charge in [-0.2, -0.15) is 0 Å². The maximum absolute atomic E-state index is 12.9. The standard InChI is InChI=1S/C19H21NO2/c1-13-10-15-16(11-17(13)22-4)20(18(21)19(15,2)3)12-14-8-6-5-7-9-14/h5-11H,12H2,1-4H3. The molecule has 0 N–H and O–H groups in total. The van der Waals surface area contributed by atoms with Gasteiger partial charge in [-0.15, -0.1) is 0 Å². The number of carbonyl (C=O) groups excluding carboxylic acids is 1. The second-order valence-electron chi connectivity index (χ2n) is 6.34. The predicted molar refractivity (Wildman–Crippen MR) is 88.4 cm³/mol. The van der Waals surface area contributed by atoms with Gasteiger partial charge in [0.05, 0.1) is 24.8 Å². The van der Waals surface area contributed by atoms with Gasteiger partial charge in [-0.3, -0.25) is 4.79 Å². The van der Waals surface area contributed by atoms with E-state index in [1.807, 2.05) is 62.1 Å². The zero-order valence-electron chi connectivity index (χ0n) is 13.5. The third kappa shape index (κ3) is 2.17. The minimum absolute atomic E-state index is 0.138. The van der Waals surface area contributed by atoms with E-state index in [1.165, 1.54) is 0 Å². The number of carbonyl (C=O) groups is 1. The topological polar surface area (TPSA) is 29.5 Å². The van der Waals surface area contributed by atoms with Gasteiger partial charge in [-0.1, -0.05) is 30.3 Å². The molecular weight excluding hydrogens is 274 g/mol. The number of anilines is 1. The Morgan fingerprint density at radius 1 is 1.14 bits per heavy atom. The van der Waals surface area contributed by atoms with E-state index in [0.717, 1.165) is 28.1 Å². The van der Waals surface area contributed by atoms with Crippen LogP contribution in [-0.2, 0) is 16.8 Å². The monoisotopic (exact) mass is 295 g/mol. The first-order chi connectivity index (χ1) is 10.4. The molecular formula is C19H21NO2. The predicted octanol–water partition coefficient (Wildman–Crippen LogP) is 3.83. The summed E-state index contributed by atoms with van der Waals surface area (Å²) in [6.07, 6.45) is 0. The summed E-state index contributed by atoms with van der Waals surface area (Å²) in [6, 6.07) is 14.1. The summed E-state index contributed by atoms with van der Waals surface area (Å²) in [5, 5.41) is 0. The van der Waals surface area contributed by atoms with Gasteiger partial charge in [-0.25, -0.2) is 0 Å². The number of hydrogen-bond acceptors (Lipinski definition) is 2. The van der Waals surface area contributed by atoms with Gasteiger partial charge in [0.25, 0.3) is 0 Å². The van der Waals surface area contributed by atoms with E-state index in [9.17, 15) is 4.79 Å². The third-order valence-electron chi connectivity index (χ3n) is 4.44. The van der Waals surface area contributed by atoms with Crippen LogP contribution in [0.3, 0.4) is 0 Å². The summed E-state index contributed by atoms with van der Waals surface area (Å²) in [7, 11) is 1.66. The Hall–Kier alpha value is -2.29. The van der Waals surface area contributed by atoms with E-state index in [-0.39, 0.29) is 5.91 Å². The summed E-state index contributed by atoms with van der Waals surface area (Å²) in [5.74, 6) is 0.960. The van der Waals surface area contributed by atoms with Crippen molar-refractivity contribution in [1.29, 1.82) is 0 Å². The minimum Gasteiger partial charge on any atom is -0.496 e. The fourth-order valence-corrected chi connectivity index (χ4v) is 3.11. The maximum Gasteiger partial charge on any atom is 0.237 e. The summed E-state index contributed by atoms with van der Waals surface area (Å²) < 4.78 is 5.43. The summed E-state index contributed by atoms with van der Waals surface area (Å²) in [4.78, 5) is 14.8. The van der Waals surface area contributed by atoms with E-state index in [0.29, 0.717) is 6.54 Å². The van der Waals surface area contributed by atoms with E-state index in [4.69, 9.17) is 4.74 Å². The largest absolute Gasteiger partial charge is 0.496 e. The average molecular weight is 295 g/mol. The van der Waals surface area contributed by atoms with Gasteiger partial charge in [-0.05, 0) is 43.5 Å². The van der Waals surface area contributed by atoms with Crippen molar-refractivity contribution in [2.45, 2.75) is 32.7 Å². The van der Waals surface area contributed by atoms with Crippen molar-refractivity contribution in [3.63, 3.8) is 0 Å². The number of hydrogen-bond donors (Lipinski definition) is 0. The Balaban J connectivity index is 2.08. The Morgan fingerprint density at radius 3 is 2.45 bits per heavy atom. The zero-order chi connectivity index (χ0) is 15.9. The number of amides is 1. The number of methoxy groups -OCH3 is 1. The molecule has 0 spiro atoms. The summed E-state index contributed by atoms with van der Waals surface area (Å²) >= 11 is 0. The van der Waals surface area contributed by atoms with E-state index in [1.54, 1.807) is 7.11 Å². The van der Waals surface area contributed by atoms with Crippen molar-refractivity contribution in [3.8, 4) is 5.75 Å². The quantitative estimate of drug-likeness (QED) is 0.861. The van der Waals surface area contributed by atoms with Gasteiger partial charge in [0, 0.05) is 6.07 Å². The number of aryl methyl sites for hydroxylation is 1. The molecule has 114 valence electrons. The number of rotatable bonds is 3. The molecule has 0 aliphatic carbocycles. The molecule has 0 radical (unpaired) electrons. The van der Waals surface area contributed by atoms with Crippen molar-refractivity contribution in [2.75, 3.05) is 12.0 Å². The molecule has 22 heavy (non-hydrogen) atoms. The van der Waals surface area contributed by atoms with Crippen LogP contribution < -0.4 is 9.64 Å². The Labute approximate surface area is 131 Å². The highest BCUT2D eigenvalue weighted by Crippen LogP contribution is 2.45. The highest BCUT2D eigenvalue weighted by atomic mass is 16.5. The Kier molecular flexibility index (Phi) is 3.44. The molecule has 3 heteroatoms. The molecule has 0 saturated carbocycles. The van der Waals surface area contributed by atoms with Crippen LogP contribution in [0.25, 0.3) is 0 Å². The highest BCUT2D eigenvalue weighted by molar-refractivity contribution is 6.07. The Bertz CT molecular complexity index is 720. The molecule has 1 heterocycles. The molecule has 2 aromatic carbocycles. The molecule has 1 amide bonds. The van der Waals surface area contributed by atoms with Crippen LogP contribution in [0, 0.1) is 6.92 Å². The van der Waals surface area contributed by atoms with E-state index < -0.39 is 5.41 Å². The van der Waals surface area contributed by atoms with Crippen molar-refractivity contribution >= 4 is 11.6 Å². The summed E-state index contributed by atoms with van der Waals surface area (Å²) in [6.45, 7) is 6.58. The number of fused-ring (bicyclic) bond motifs is 1. The van der Waals surface area contributed by atoms with Gasteiger partial charge >= 0.3 is 0 Å². The molecule has 1 aliphatic rings. The second kappa shape index (κ2) is 5.16. The molecule has 0 unspecified atom stereocenters. The number of nitrogens with zero attached hydrogens (tertiary/aromatic N) is 1. The second-order valence-corrected chi connectivity index (χ2v) is 6.34. The molecule has 0 saturated heterocycles. The van der Waals surface area contributed by atoms with Crippen molar-refractivity contribution < 1.29 is 9.53 Å². The fraction of sp³-hybridized carbons (Fsp3) is 0.316. The molecule has 0 fully saturated rings. The van der Waals surface area contributed by atoms with Crippen LogP contribution in [0.15, 0.2) is 42.5 Å². The van der Waals surface area contributed by atoms with Crippen LogP contribution >= 0.6 is 0 Å². The van der Waals surface area contributed by atoms with Crippen LogP contribution in [0.4, 0.5) is 5.69 Å². The lowest BCUT2D eigenvalue weighted by Gasteiger charge is -2.20. The third-order valence-corrected chi connectivity index (χ3v) is 4.44.